The quantitative estimate of drug-likeness (QED) is 0.152. The summed E-state index contributed by atoms with van der Waals surface area (Å²) in [4.78, 5) is 20.7. The van der Waals surface area contributed by atoms with Gasteiger partial charge in [0.25, 0.3) is 0 Å². The summed E-state index contributed by atoms with van der Waals surface area (Å²) in [6.45, 7) is 0. The number of para-hydroxylation sites is 4. The van der Waals surface area contributed by atoms with Crippen molar-refractivity contribution in [2.45, 2.75) is 44.6 Å². The van der Waals surface area contributed by atoms with Gasteiger partial charge in [-0.25, -0.2) is 0 Å². The first-order valence-electron chi connectivity index (χ1n) is 19.7. The minimum absolute atomic E-state index is 0. The van der Waals surface area contributed by atoms with E-state index >= 15 is 0 Å². The number of pyridine rings is 5. The summed E-state index contributed by atoms with van der Waals surface area (Å²) >= 11 is 0. The van der Waals surface area contributed by atoms with E-state index in [2.05, 4.69) is 134 Å². The van der Waals surface area contributed by atoms with Crippen molar-refractivity contribution in [1.29, 1.82) is 0 Å². The SMILES string of the molecule is C.C.C.C.C.C.c1ccc2ccccc2c1.c1ccc2cnccc2c1.c1ccc2ncccc2c1.c1ccc2ncccc2c1.c1ccc2ncccc2c1.c1ccc2ncccc2c1. The van der Waals surface area contributed by atoms with E-state index in [0.717, 1.165) is 22.1 Å². The Morgan fingerprint density at radius 2 is 0.394 bits per heavy atom. The molecule has 5 heteroatoms. The van der Waals surface area contributed by atoms with Crippen molar-refractivity contribution >= 4 is 65.2 Å². The van der Waals surface area contributed by atoms with Gasteiger partial charge in [-0.2, -0.15) is 0 Å². The summed E-state index contributed by atoms with van der Waals surface area (Å²) in [6.07, 6.45) is 10.9. The molecule has 336 valence electrons. The van der Waals surface area contributed by atoms with Crippen molar-refractivity contribution in [2.24, 2.45) is 0 Å². The Hall–Kier alpha value is -8.15. The molecule has 5 heterocycles. The number of benzene rings is 7. The molecule has 0 saturated heterocycles. The van der Waals surface area contributed by atoms with Crippen LogP contribution in [0.15, 0.2) is 262 Å². The zero-order valence-electron chi connectivity index (χ0n) is 33.1. The average molecular weight is 870 g/mol. The topological polar surface area (TPSA) is 64.5 Å². The minimum atomic E-state index is 0. The van der Waals surface area contributed by atoms with Gasteiger partial charge in [-0.3, -0.25) is 24.9 Å². The Labute approximate surface area is 394 Å². The monoisotopic (exact) mass is 870 g/mol. The van der Waals surface area contributed by atoms with Gasteiger partial charge in [0.2, 0.25) is 0 Å². The first kappa shape index (κ1) is 55.9. The van der Waals surface area contributed by atoms with Crippen LogP contribution in [-0.4, -0.2) is 24.9 Å². The molecule has 12 rings (SSSR count). The van der Waals surface area contributed by atoms with Crippen molar-refractivity contribution in [1.82, 2.24) is 24.9 Å². The molecule has 0 saturated carbocycles. The molecular weight excluding hydrogens is 803 g/mol. The maximum Gasteiger partial charge on any atom is 0.0701 e. The fraction of sp³-hybridized carbons (Fsp3) is 0.0984. The lowest BCUT2D eigenvalue weighted by atomic mass is 10.1. The molecule has 0 unspecified atom stereocenters. The third kappa shape index (κ3) is 16.9. The summed E-state index contributed by atoms with van der Waals surface area (Å²) in [6, 6.07) is 75.2. The summed E-state index contributed by atoms with van der Waals surface area (Å²) < 4.78 is 0. The number of nitrogens with zero attached hydrogens (tertiary/aromatic N) is 5. The molecule has 0 aliphatic carbocycles. The standard InChI is InChI=1S/C10H8.5C9H7N.6CH4/c1-2-6-10-8-4-3-7-9(10)5-1;4*1-2-6-9-8(4-1)5-3-7-10-9;1-2-4-9-7-10-6-5-8(9)3-1;;;;;;/h1-8H;5*1-7H;6*1H4. The molecule has 0 amide bonds. The van der Waals surface area contributed by atoms with Crippen LogP contribution in [0.25, 0.3) is 65.2 Å². The fourth-order valence-corrected chi connectivity index (χ4v) is 6.22. The van der Waals surface area contributed by atoms with Crippen LogP contribution in [0.1, 0.15) is 44.6 Å². The highest BCUT2D eigenvalue weighted by molar-refractivity contribution is 5.83. The third-order valence-corrected chi connectivity index (χ3v) is 9.26. The van der Waals surface area contributed by atoms with E-state index in [0.29, 0.717) is 0 Å². The van der Waals surface area contributed by atoms with E-state index in [1.54, 1.807) is 0 Å². The predicted octanol–water partition coefficient (Wildman–Crippen LogP) is 17.8. The molecule has 0 aliphatic rings. The van der Waals surface area contributed by atoms with Gasteiger partial charge >= 0.3 is 0 Å². The van der Waals surface area contributed by atoms with E-state index in [-0.39, 0.29) is 44.6 Å². The van der Waals surface area contributed by atoms with Crippen LogP contribution in [0, 0.1) is 0 Å². The molecule has 0 aliphatic heterocycles. The Kier molecular flexibility index (Phi) is 26.1. The van der Waals surface area contributed by atoms with Gasteiger partial charge < -0.3 is 0 Å². The van der Waals surface area contributed by atoms with Crippen LogP contribution in [0.3, 0.4) is 0 Å². The molecule has 7 aromatic carbocycles. The largest absolute Gasteiger partial charge is 0.264 e. The molecule has 0 bridgehead atoms. The molecular formula is C61H67N5. The second-order valence-electron chi connectivity index (χ2n) is 13.4. The van der Waals surface area contributed by atoms with Crippen LogP contribution in [0.4, 0.5) is 0 Å². The predicted molar refractivity (Wildman–Crippen MR) is 293 cm³/mol. The second kappa shape index (κ2) is 30.8. The van der Waals surface area contributed by atoms with Crippen LogP contribution < -0.4 is 0 Å². The van der Waals surface area contributed by atoms with E-state index in [9.17, 15) is 0 Å². The Balaban J connectivity index is 0.000000389. The average Bonchev–Trinajstić information content (AvgIpc) is 3.35. The molecule has 0 radical (unpaired) electrons. The fourth-order valence-electron chi connectivity index (χ4n) is 6.22. The zero-order chi connectivity index (χ0) is 40.9. The first-order valence-corrected chi connectivity index (χ1v) is 19.7. The van der Waals surface area contributed by atoms with Gasteiger partial charge in [-0.05, 0) is 76.1 Å². The zero-order valence-corrected chi connectivity index (χ0v) is 33.1. The second-order valence-corrected chi connectivity index (χ2v) is 13.4. The van der Waals surface area contributed by atoms with E-state index in [4.69, 9.17) is 0 Å². The summed E-state index contributed by atoms with van der Waals surface area (Å²) in [5, 5.41) is 9.86. The number of hydrogen-bond donors (Lipinski definition) is 0. The molecule has 0 N–H and O–H groups in total. The van der Waals surface area contributed by atoms with Gasteiger partial charge in [0.05, 0.1) is 22.1 Å². The number of rotatable bonds is 0. The van der Waals surface area contributed by atoms with Crippen molar-refractivity contribution in [3.05, 3.63) is 262 Å². The van der Waals surface area contributed by atoms with E-state index in [1.165, 1.54) is 43.1 Å². The lowest BCUT2D eigenvalue weighted by Gasteiger charge is -1.92. The van der Waals surface area contributed by atoms with Crippen LogP contribution >= 0.6 is 0 Å². The molecule has 5 aromatic heterocycles. The molecule has 66 heavy (non-hydrogen) atoms. The Morgan fingerprint density at radius 1 is 0.182 bits per heavy atom. The van der Waals surface area contributed by atoms with Crippen molar-refractivity contribution in [3.63, 3.8) is 0 Å². The van der Waals surface area contributed by atoms with Gasteiger partial charge in [0.1, 0.15) is 0 Å². The third-order valence-electron chi connectivity index (χ3n) is 9.26. The van der Waals surface area contributed by atoms with Crippen molar-refractivity contribution in [3.8, 4) is 0 Å². The Morgan fingerprint density at radius 3 is 0.652 bits per heavy atom. The maximum atomic E-state index is 4.18. The highest BCUT2D eigenvalue weighted by atomic mass is 14.7. The number of fused-ring (bicyclic) bond motifs is 6. The lowest BCUT2D eigenvalue weighted by Crippen LogP contribution is -1.73. The number of aromatic nitrogens is 5. The van der Waals surface area contributed by atoms with Crippen LogP contribution in [0.2, 0.25) is 0 Å². The summed E-state index contributed by atoms with van der Waals surface area (Å²) in [7, 11) is 0. The number of hydrogen-bond acceptors (Lipinski definition) is 5. The Bertz CT molecular complexity index is 2200. The first-order chi connectivity index (χ1) is 29.8. The van der Waals surface area contributed by atoms with Crippen molar-refractivity contribution in [2.75, 3.05) is 0 Å². The van der Waals surface area contributed by atoms with Gasteiger partial charge in [0, 0.05) is 58.7 Å². The van der Waals surface area contributed by atoms with Gasteiger partial charge in [0.15, 0.2) is 0 Å². The molecule has 0 fully saturated rings. The van der Waals surface area contributed by atoms with E-state index < -0.39 is 0 Å². The molecule has 0 spiro atoms. The van der Waals surface area contributed by atoms with Gasteiger partial charge in [-0.15, -0.1) is 0 Å². The van der Waals surface area contributed by atoms with Gasteiger partial charge in [-0.1, -0.05) is 214 Å². The van der Waals surface area contributed by atoms with Crippen LogP contribution in [0.5, 0.6) is 0 Å². The minimum Gasteiger partial charge on any atom is -0.264 e. The highest BCUT2D eigenvalue weighted by Crippen LogP contribution is 2.13. The maximum absolute atomic E-state index is 4.18. The molecule has 12 aromatic rings. The molecule has 5 nitrogen and oxygen atoms in total. The van der Waals surface area contributed by atoms with E-state index in [1.807, 2.05) is 152 Å². The normalized spacial score (nSPS) is 9.09. The smallest absolute Gasteiger partial charge is 0.0701 e. The molecule has 0 atom stereocenters. The summed E-state index contributed by atoms with van der Waals surface area (Å²) in [5.41, 5.74) is 4.24. The highest BCUT2D eigenvalue weighted by Gasteiger charge is 1.90. The lowest BCUT2D eigenvalue weighted by molar-refractivity contribution is 1.36. The van der Waals surface area contributed by atoms with Crippen molar-refractivity contribution < 1.29 is 0 Å². The summed E-state index contributed by atoms with van der Waals surface area (Å²) in [5.74, 6) is 0. The van der Waals surface area contributed by atoms with Crippen LogP contribution in [-0.2, 0) is 0 Å².